The first-order chi connectivity index (χ1) is 7.63. The van der Waals surface area contributed by atoms with Crippen LogP contribution in [0.25, 0.3) is 0 Å². The third-order valence-electron chi connectivity index (χ3n) is 2.03. The lowest BCUT2D eigenvalue weighted by Crippen LogP contribution is -2.22. The third-order valence-corrected chi connectivity index (χ3v) is 2.03. The number of hydrogen-bond acceptors (Lipinski definition) is 5. The molecule has 0 fully saturated rings. The molecule has 6 nitrogen and oxygen atoms in total. The van der Waals surface area contributed by atoms with Gasteiger partial charge in [-0.25, -0.2) is 4.79 Å². The van der Waals surface area contributed by atoms with Crippen molar-refractivity contribution in [2.75, 3.05) is 26.8 Å². The largest absolute Gasteiger partial charge is 0.476 e. The van der Waals surface area contributed by atoms with Crippen molar-refractivity contribution in [3.05, 3.63) is 17.5 Å². The first-order valence-corrected chi connectivity index (χ1v) is 5.08. The lowest BCUT2D eigenvalue weighted by molar-refractivity contribution is 0.0685. The predicted molar refractivity (Wildman–Crippen MR) is 56.3 cm³/mol. The number of likely N-dealkylation sites (N-methyl/N-ethyl adjacent to an activating group) is 1. The second kappa shape index (κ2) is 6.24. The van der Waals surface area contributed by atoms with Gasteiger partial charge in [-0.05, 0) is 14.0 Å². The average molecular weight is 228 g/mol. The quantitative estimate of drug-likeness (QED) is 0.697. The van der Waals surface area contributed by atoms with E-state index < -0.39 is 5.97 Å². The number of nitrogens with zero attached hydrogens (tertiary/aromatic N) is 2. The Labute approximate surface area is 93.8 Å². The van der Waals surface area contributed by atoms with Crippen molar-refractivity contribution in [1.29, 1.82) is 0 Å². The van der Waals surface area contributed by atoms with Gasteiger partial charge in [0.2, 0.25) is 0 Å². The highest BCUT2D eigenvalue weighted by Gasteiger charge is 2.11. The molecule has 1 rings (SSSR count). The zero-order chi connectivity index (χ0) is 12.0. The van der Waals surface area contributed by atoms with Crippen LogP contribution in [0.5, 0.6) is 0 Å². The molecule has 1 aromatic rings. The Balaban J connectivity index is 2.37. The number of carbonyl (C=O) groups is 1. The Morgan fingerprint density at radius 2 is 2.44 bits per heavy atom. The van der Waals surface area contributed by atoms with E-state index in [1.54, 1.807) is 0 Å². The molecule has 0 unspecified atom stereocenters. The highest BCUT2D eigenvalue weighted by Crippen LogP contribution is 2.06. The minimum atomic E-state index is -1.08. The van der Waals surface area contributed by atoms with E-state index in [1.165, 1.54) is 6.07 Å². The number of hydrogen-bond donors (Lipinski definition) is 1. The molecule has 0 saturated carbocycles. The Bertz CT molecular complexity index is 337. The molecule has 0 atom stereocenters. The molecule has 0 bridgehead atoms. The van der Waals surface area contributed by atoms with Crippen LogP contribution in [-0.4, -0.2) is 47.9 Å². The summed E-state index contributed by atoms with van der Waals surface area (Å²) in [5, 5.41) is 12.1. The van der Waals surface area contributed by atoms with Gasteiger partial charge in [-0.15, -0.1) is 0 Å². The summed E-state index contributed by atoms with van der Waals surface area (Å²) in [5.74, 6) is -0.539. The summed E-state index contributed by atoms with van der Waals surface area (Å²) >= 11 is 0. The third kappa shape index (κ3) is 4.00. The van der Waals surface area contributed by atoms with Crippen LogP contribution in [-0.2, 0) is 11.3 Å². The van der Waals surface area contributed by atoms with Crippen LogP contribution in [0.2, 0.25) is 0 Å². The van der Waals surface area contributed by atoms with Gasteiger partial charge in [-0.1, -0.05) is 5.16 Å². The molecule has 90 valence electrons. The lowest BCUT2D eigenvalue weighted by Gasteiger charge is -2.13. The van der Waals surface area contributed by atoms with Gasteiger partial charge in [0.05, 0.1) is 13.2 Å². The number of ether oxygens (including phenoxy) is 1. The molecule has 0 aromatic carbocycles. The molecule has 0 aliphatic heterocycles. The fraction of sp³-hybridized carbons (Fsp3) is 0.600. The van der Waals surface area contributed by atoms with Crippen molar-refractivity contribution in [2.45, 2.75) is 13.5 Å². The van der Waals surface area contributed by atoms with E-state index in [9.17, 15) is 4.79 Å². The molecule has 0 amide bonds. The average Bonchev–Trinajstić information content (AvgIpc) is 2.66. The fourth-order valence-electron chi connectivity index (χ4n) is 1.20. The number of carboxylic acid groups (broad SMARTS) is 1. The summed E-state index contributed by atoms with van der Waals surface area (Å²) in [6.07, 6.45) is 0. The molecule has 0 aliphatic rings. The molecule has 1 aromatic heterocycles. The molecule has 1 N–H and O–H groups in total. The van der Waals surface area contributed by atoms with Crippen molar-refractivity contribution < 1.29 is 19.2 Å². The zero-order valence-corrected chi connectivity index (χ0v) is 9.47. The normalized spacial score (nSPS) is 10.9. The van der Waals surface area contributed by atoms with Crippen molar-refractivity contribution >= 4 is 5.97 Å². The molecule has 1 heterocycles. The van der Waals surface area contributed by atoms with Crippen LogP contribution >= 0.6 is 0 Å². The van der Waals surface area contributed by atoms with E-state index in [0.29, 0.717) is 25.5 Å². The molecule has 0 aliphatic carbocycles. The van der Waals surface area contributed by atoms with Crippen molar-refractivity contribution in [3.8, 4) is 0 Å². The Kier molecular flexibility index (Phi) is 4.94. The van der Waals surface area contributed by atoms with E-state index in [-0.39, 0.29) is 5.69 Å². The summed E-state index contributed by atoms with van der Waals surface area (Å²) in [7, 11) is 1.90. The van der Waals surface area contributed by atoms with Crippen LogP contribution < -0.4 is 0 Å². The van der Waals surface area contributed by atoms with Gasteiger partial charge < -0.3 is 14.4 Å². The molecular weight excluding hydrogens is 212 g/mol. The van der Waals surface area contributed by atoms with Crippen molar-refractivity contribution in [3.63, 3.8) is 0 Å². The SMILES string of the molecule is CCOCCN(C)Cc1cc(C(=O)O)no1. The smallest absolute Gasteiger partial charge is 0.358 e. The lowest BCUT2D eigenvalue weighted by atomic mass is 10.3. The molecule has 0 spiro atoms. The zero-order valence-electron chi connectivity index (χ0n) is 9.47. The van der Waals surface area contributed by atoms with Crippen molar-refractivity contribution in [2.24, 2.45) is 0 Å². The fourth-order valence-corrected chi connectivity index (χ4v) is 1.20. The van der Waals surface area contributed by atoms with Crippen LogP contribution in [0.4, 0.5) is 0 Å². The molecular formula is C10H16N2O4. The second-order valence-electron chi connectivity index (χ2n) is 3.42. The second-order valence-corrected chi connectivity index (χ2v) is 3.42. The standard InChI is InChI=1S/C10H16N2O4/c1-3-15-5-4-12(2)7-8-6-9(10(13)14)11-16-8/h6H,3-5,7H2,1-2H3,(H,13,14). The molecule has 0 radical (unpaired) electrons. The van der Waals surface area contributed by atoms with Gasteiger partial charge in [0.25, 0.3) is 0 Å². The van der Waals surface area contributed by atoms with Gasteiger partial charge >= 0.3 is 5.97 Å². The first-order valence-electron chi connectivity index (χ1n) is 5.08. The molecule has 0 saturated heterocycles. The maximum atomic E-state index is 10.6. The van der Waals surface area contributed by atoms with Crippen LogP contribution in [0.15, 0.2) is 10.6 Å². The summed E-state index contributed by atoms with van der Waals surface area (Å²) in [6.45, 7) is 4.56. The maximum Gasteiger partial charge on any atom is 0.358 e. The predicted octanol–water partition coefficient (Wildman–Crippen LogP) is 0.841. The summed E-state index contributed by atoms with van der Waals surface area (Å²) in [6, 6.07) is 1.43. The van der Waals surface area contributed by atoms with Gasteiger partial charge in [-0.3, -0.25) is 4.90 Å². The highest BCUT2D eigenvalue weighted by molar-refractivity contribution is 5.85. The minimum absolute atomic E-state index is 0.0618. The molecule has 6 heteroatoms. The van der Waals surface area contributed by atoms with E-state index >= 15 is 0 Å². The van der Waals surface area contributed by atoms with Gasteiger partial charge in [0.15, 0.2) is 11.5 Å². The van der Waals surface area contributed by atoms with E-state index in [4.69, 9.17) is 14.4 Å². The maximum absolute atomic E-state index is 10.6. The Hall–Kier alpha value is -1.40. The first kappa shape index (κ1) is 12.7. The summed E-state index contributed by atoms with van der Waals surface area (Å²) in [5.41, 5.74) is -0.0618. The number of aromatic nitrogens is 1. The van der Waals surface area contributed by atoms with Crippen LogP contribution in [0.1, 0.15) is 23.2 Å². The monoisotopic (exact) mass is 228 g/mol. The van der Waals surface area contributed by atoms with Crippen LogP contribution in [0.3, 0.4) is 0 Å². The highest BCUT2D eigenvalue weighted by atomic mass is 16.5. The molecule has 16 heavy (non-hydrogen) atoms. The Morgan fingerprint density at radius 3 is 3.00 bits per heavy atom. The Morgan fingerprint density at radius 1 is 1.69 bits per heavy atom. The van der Waals surface area contributed by atoms with Gasteiger partial charge in [-0.2, -0.15) is 0 Å². The van der Waals surface area contributed by atoms with E-state index in [2.05, 4.69) is 5.16 Å². The summed E-state index contributed by atoms with van der Waals surface area (Å²) < 4.78 is 10.1. The number of rotatable bonds is 7. The van der Waals surface area contributed by atoms with Crippen molar-refractivity contribution in [1.82, 2.24) is 10.1 Å². The van der Waals surface area contributed by atoms with Crippen LogP contribution in [0, 0.1) is 0 Å². The summed E-state index contributed by atoms with van der Waals surface area (Å²) in [4.78, 5) is 12.5. The van der Waals surface area contributed by atoms with E-state index in [0.717, 1.165) is 6.54 Å². The topological polar surface area (TPSA) is 75.8 Å². The number of aromatic carboxylic acids is 1. The van der Waals surface area contributed by atoms with Gasteiger partial charge in [0.1, 0.15) is 0 Å². The van der Waals surface area contributed by atoms with Gasteiger partial charge in [0, 0.05) is 19.2 Å². The minimum Gasteiger partial charge on any atom is -0.476 e. The number of carboxylic acids is 1. The van der Waals surface area contributed by atoms with E-state index in [1.807, 2.05) is 18.9 Å².